The third kappa shape index (κ3) is 3.77. The summed E-state index contributed by atoms with van der Waals surface area (Å²) in [5.74, 6) is -1.01. The Bertz CT molecular complexity index is 490. The van der Waals surface area contributed by atoms with Gasteiger partial charge in [-0.1, -0.05) is 22.0 Å². The summed E-state index contributed by atoms with van der Waals surface area (Å²) in [4.78, 5) is 14.8. The highest BCUT2D eigenvalue weighted by Crippen LogP contribution is 2.26. The van der Waals surface area contributed by atoms with Crippen LogP contribution < -0.4 is 0 Å². The monoisotopic (exact) mass is 344 g/mol. The number of hydrogen-bond acceptors (Lipinski definition) is 3. The van der Waals surface area contributed by atoms with Gasteiger partial charge in [-0.25, -0.2) is 4.39 Å². The van der Waals surface area contributed by atoms with Crippen molar-refractivity contribution in [2.24, 2.45) is 0 Å². The van der Waals surface area contributed by atoms with Crippen LogP contribution in [-0.2, 0) is 4.79 Å². The molecule has 1 heterocycles. The van der Waals surface area contributed by atoms with Gasteiger partial charge in [-0.05, 0) is 19.1 Å². The molecule has 1 fully saturated rings. The van der Waals surface area contributed by atoms with Crippen LogP contribution in [0.1, 0.15) is 18.5 Å². The maximum Gasteiger partial charge on any atom is 0.317 e. The molecule has 1 atom stereocenters. The average molecular weight is 345 g/mol. The van der Waals surface area contributed by atoms with E-state index in [1.54, 1.807) is 6.07 Å². The Morgan fingerprint density at radius 3 is 2.60 bits per heavy atom. The molecule has 1 aromatic rings. The molecule has 1 aliphatic rings. The second-order valence-corrected chi connectivity index (χ2v) is 5.96. The molecule has 0 amide bonds. The summed E-state index contributed by atoms with van der Waals surface area (Å²) < 4.78 is 14.7. The van der Waals surface area contributed by atoms with Crippen LogP contribution in [0.15, 0.2) is 22.7 Å². The van der Waals surface area contributed by atoms with E-state index in [-0.39, 0.29) is 18.4 Å². The molecule has 0 bridgehead atoms. The van der Waals surface area contributed by atoms with Gasteiger partial charge in [-0.15, -0.1) is 0 Å². The quantitative estimate of drug-likeness (QED) is 0.910. The van der Waals surface area contributed by atoms with Crippen molar-refractivity contribution >= 4 is 21.9 Å². The number of benzene rings is 1. The lowest BCUT2D eigenvalue weighted by atomic mass is 10.1. The maximum absolute atomic E-state index is 14.0. The van der Waals surface area contributed by atoms with Gasteiger partial charge in [0.2, 0.25) is 0 Å². The SMILES string of the molecule is CC(c1ccc(Br)cc1F)N1CCN(CC(=O)O)CC1. The molecule has 1 aromatic carbocycles. The molecule has 110 valence electrons. The highest BCUT2D eigenvalue weighted by Gasteiger charge is 2.24. The normalized spacial score (nSPS) is 18.9. The highest BCUT2D eigenvalue weighted by molar-refractivity contribution is 9.10. The molecule has 2 rings (SSSR count). The summed E-state index contributed by atoms with van der Waals surface area (Å²) in [6, 6.07) is 5.12. The number of halogens is 2. The molecule has 0 aliphatic carbocycles. The van der Waals surface area contributed by atoms with Crippen LogP contribution >= 0.6 is 15.9 Å². The van der Waals surface area contributed by atoms with E-state index in [0.29, 0.717) is 18.7 Å². The van der Waals surface area contributed by atoms with Gasteiger partial charge >= 0.3 is 5.97 Å². The van der Waals surface area contributed by atoms with Crippen molar-refractivity contribution in [3.8, 4) is 0 Å². The van der Waals surface area contributed by atoms with Crippen molar-refractivity contribution in [2.75, 3.05) is 32.7 Å². The van der Waals surface area contributed by atoms with E-state index in [9.17, 15) is 9.18 Å². The van der Waals surface area contributed by atoms with Gasteiger partial charge in [0.1, 0.15) is 5.82 Å². The van der Waals surface area contributed by atoms with E-state index in [0.717, 1.165) is 17.6 Å². The number of carbonyl (C=O) groups is 1. The average Bonchev–Trinajstić information content (AvgIpc) is 2.38. The molecule has 1 aliphatic heterocycles. The first-order valence-corrected chi connectivity index (χ1v) is 7.40. The summed E-state index contributed by atoms with van der Waals surface area (Å²) in [5, 5.41) is 8.77. The zero-order chi connectivity index (χ0) is 14.7. The number of carboxylic acids is 1. The fraction of sp³-hybridized carbons (Fsp3) is 0.500. The van der Waals surface area contributed by atoms with Crippen LogP contribution in [0, 0.1) is 5.82 Å². The molecule has 0 saturated carbocycles. The van der Waals surface area contributed by atoms with E-state index < -0.39 is 5.97 Å². The first kappa shape index (κ1) is 15.4. The van der Waals surface area contributed by atoms with Gasteiger partial charge in [0.05, 0.1) is 6.54 Å². The van der Waals surface area contributed by atoms with E-state index in [1.807, 2.05) is 17.9 Å². The Balaban J connectivity index is 1.97. The smallest absolute Gasteiger partial charge is 0.317 e. The standard InChI is InChI=1S/C14H18BrFN2O2/c1-10(12-3-2-11(15)8-13(12)16)18-6-4-17(5-7-18)9-14(19)20/h2-3,8,10H,4-7,9H2,1H3,(H,19,20). The van der Waals surface area contributed by atoms with E-state index >= 15 is 0 Å². The van der Waals surface area contributed by atoms with Gasteiger partial charge in [0.25, 0.3) is 0 Å². The molecule has 6 heteroatoms. The molecule has 0 aromatic heterocycles. The van der Waals surface area contributed by atoms with Gasteiger partial charge in [-0.3, -0.25) is 14.6 Å². The molecule has 20 heavy (non-hydrogen) atoms. The van der Waals surface area contributed by atoms with Crippen molar-refractivity contribution in [1.82, 2.24) is 9.80 Å². The number of aliphatic carboxylic acids is 1. The number of piperazine rings is 1. The van der Waals surface area contributed by atoms with Crippen molar-refractivity contribution in [3.63, 3.8) is 0 Å². The first-order valence-electron chi connectivity index (χ1n) is 6.60. The summed E-state index contributed by atoms with van der Waals surface area (Å²) in [5.41, 5.74) is 0.680. The van der Waals surface area contributed by atoms with Crippen molar-refractivity contribution in [3.05, 3.63) is 34.1 Å². The lowest BCUT2D eigenvalue weighted by Gasteiger charge is -2.37. The Morgan fingerprint density at radius 1 is 1.40 bits per heavy atom. The van der Waals surface area contributed by atoms with Crippen LogP contribution in [0.4, 0.5) is 4.39 Å². The lowest BCUT2D eigenvalue weighted by Crippen LogP contribution is -2.48. The van der Waals surface area contributed by atoms with Crippen molar-refractivity contribution in [2.45, 2.75) is 13.0 Å². The summed E-state index contributed by atoms with van der Waals surface area (Å²) >= 11 is 3.26. The molecule has 1 saturated heterocycles. The summed E-state index contributed by atoms with van der Waals surface area (Å²) in [6.45, 7) is 4.98. The zero-order valence-corrected chi connectivity index (χ0v) is 12.9. The second-order valence-electron chi connectivity index (χ2n) is 5.05. The highest BCUT2D eigenvalue weighted by atomic mass is 79.9. The maximum atomic E-state index is 14.0. The minimum atomic E-state index is -0.801. The van der Waals surface area contributed by atoms with Gasteiger partial charge in [0, 0.05) is 42.3 Å². The van der Waals surface area contributed by atoms with E-state index in [1.165, 1.54) is 6.07 Å². The van der Waals surface area contributed by atoms with Crippen LogP contribution in [0.25, 0.3) is 0 Å². The van der Waals surface area contributed by atoms with E-state index in [4.69, 9.17) is 5.11 Å². The minimum Gasteiger partial charge on any atom is -0.480 e. The Kier molecular flexibility index (Phi) is 5.12. The molecule has 4 nitrogen and oxygen atoms in total. The largest absolute Gasteiger partial charge is 0.480 e. The number of hydrogen-bond donors (Lipinski definition) is 1. The van der Waals surface area contributed by atoms with Crippen LogP contribution in [-0.4, -0.2) is 53.6 Å². The molecule has 1 unspecified atom stereocenters. The van der Waals surface area contributed by atoms with Gasteiger partial charge in [0.15, 0.2) is 0 Å². The van der Waals surface area contributed by atoms with Crippen molar-refractivity contribution < 1.29 is 14.3 Å². The third-order valence-electron chi connectivity index (χ3n) is 3.73. The molecular formula is C14H18BrFN2O2. The Morgan fingerprint density at radius 2 is 2.05 bits per heavy atom. The number of nitrogens with zero attached hydrogens (tertiary/aromatic N) is 2. The number of carboxylic acid groups (broad SMARTS) is 1. The lowest BCUT2D eigenvalue weighted by molar-refractivity contribution is -0.138. The molecule has 0 spiro atoms. The van der Waals surface area contributed by atoms with Crippen LogP contribution in [0.3, 0.4) is 0 Å². The zero-order valence-electron chi connectivity index (χ0n) is 11.4. The van der Waals surface area contributed by atoms with Crippen molar-refractivity contribution in [1.29, 1.82) is 0 Å². The summed E-state index contributed by atoms with van der Waals surface area (Å²) in [6.07, 6.45) is 0. The summed E-state index contributed by atoms with van der Waals surface area (Å²) in [7, 11) is 0. The molecule has 1 N–H and O–H groups in total. The fourth-order valence-electron chi connectivity index (χ4n) is 2.54. The predicted octanol–water partition coefficient (Wildman–Crippen LogP) is 2.35. The minimum absolute atomic E-state index is 0.00456. The Labute approximate surface area is 126 Å². The third-order valence-corrected chi connectivity index (χ3v) is 4.22. The van der Waals surface area contributed by atoms with Gasteiger partial charge in [-0.2, -0.15) is 0 Å². The second kappa shape index (κ2) is 6.65. The predicted molar refractivity (Wildman–Crippen MR) is 78.2 cm³/mol. The first-order chi connectivity index (χ1) is 9.47. The Hall–Kier alpha value is -0.980. The van der Waals surface area contributed by atoms with Gasteiger partial charge < -0.3 is 5.11 Å². The number of rotatable bonds is 4. The van der Waals surface area contributed by atoms with Crippen LogP contribution in [0.5, 0.6) is 0 Å². The van der Waals surface area contributed by atoms with Crippen LogP contribution in [0.2, 0.25) is 0 Å². The molecular weight excluding hydrogens is 327 g/mol. The fourth-order valence-corrected chi connectivity index (χ4v) is 2.87. The molecule has 0 radical (unpaired) electrons. The topological polar surface area (TPSA) is 43.8 Å². The van der Waals surface area contributed by atoms with E-state index in [2.05, 4.69) is 20.8 Å².